The van der Waals surface area contributed by atoms with Gasteiger partial charge in [0.25, 0.3) is 0 Å². The van der Waals surface area contributed by atoms with E-state index in [1.165, 1.54) is 38.4 Å². The number of sulfonamides is 1. The van der Waals surface area contributed by atoms with Gasteiger partial charge in [-0.25, -0.2) is 13.1 Å². The maximum Gasteiger partial charge on any atom is 0.301 e. The number of ether oxygens (including phenoxy) is 1. The van der Waals surface area contributed by atoms with Gasteiger partial charge in [-0.05, 0) is 49.9 Å². The van der Waals surface area contributed by atoms with Gasteiger partial charge in [-0.2, -0.15) is 12.7 Å². The summed E-state index contributed by atoms with van der Waals surface area (Å²) in [6.45, 7) is 0. The van der Waals surface area contributed by atoms with Gasteiger partial charge in [0.05, 0.1) is 11.0 Å². The predicted octanol–water partition coefficient (Wildman–Crippen LogP) is 1.14. The lowest BCUT2D eigenvalue weighted by atomic mass is 9.94. The molecule has 0 aromatic heterocycles. The molecule has 10 heteroatoms. The Morgan fingerprint density at radius 1 is 1.00 bits per heavy atom. The zero-order valence-corrected chi connectivity index (χ0v) is 16.2. The maximum atomic E-state index is 12.5. The third-order valence-corrected chi connectivity index (χ3v) is 7.21. The van der Waals surface area contributed by atoms with Gasteiger partial charge >= 0.3 is 10.2 Å². The number of anilines is 1. The van der Waals surface area contributed by atoms with Gasteiger partial charge in [0.15, 0.2) is 0 Å². The van der Waals surface area contributed by atoms with E-state index >= 15 is 0 Å². The monoisotopic (exact) mass is 391 g/mol. The first kappa shape index (κ1) is 20.1. The van der Waals surface area contributed by atoms with E-state index in [9.17, 15) is 16.8 Å². The molecule has 0 saturated heterocycles. The van der Waals surface area contributed by atoms with Crippen LogP contribution in [-0.4, -0.2) is 54.5 Å². The summed E-state index contributed by atoms with van der Waals surface area (Å²) in [6, 6.07) is 5.52. The Bertz CT molecular complexity index is 768. The van der Waals surface area contributed by atoms with Crippen LogP contribution in [0.25, 0.3) is 0 Å². The van der Waals surface area contributed by atoms with E-state index in [2.05, 4.69) is 9.44 Å². The highest BCUT2D eigenvalue weighted by molar-refractivity contribution is 7.90. The molecule has 1 fully saturated rings. The van der Waals surface area contributed by atoms with E-state index in [0.29, 0.717) is 5.69 Å². The van der Waals surface area contributed by atoms with Gasteiger partial charge in [0.2, 0.25) is 10.0 Å². The van der Waals surface area contributed by atoms with Gasteiger partial charge in [0, 0.05) is 32.9 Å². The first-order chi connectivity index (χ1) is 11.6. The minimum Gasteiger partial charge on any atom is -0.381 e. The minimum atomic E-state index is -3.64. The summed E-state index contributed by atoms with van der Waals surface area (Å²) in [6.07, 6.45) is 3.32. The lowest BCUT2D eigenvalue weighted by molar-refractivity contribution is 0.0649. The van der Waals surface area contributed by atoms with E-state index in [-0.39, 0.29) is 17.0 Å². The molecule has 0 bridgehead atoms. The summed E-state index contributed by atoms with van der Waals surface area (Å²) in [7, 11) is -2.78. The molecule has 1 saturated carbocycles. The summed E-state index contributed by atoms with van der Waals surface area (Å²) < 4.78 is 59.9. The molecule has 0 amide bonds. The lowest BCUT2D eigenvalue weighted by Crippen LogP contribution is -2.38. The number of nitrogens with zero attached hydrogens (tertiary/aromatic N) is 1. The highest BCUT2D eigenvalue weighted by Crippen LogP contribution is 2.23. The highest BCUT2D eigenvalue weighted by atomic mass is 32.2. The average molecular weight is 392 g/mol. The van der Waals surface area contributed by atoms with Crippen LogP contribution < -0.4 is 9.44 Å². The van der Waals surface area contributed by atoms with Crippen LogP contribution in [-0.2, 0) is 25.0 Å². The average Bonchev–Trinajstić information content (AvgIpc) is 2.55. The van der Waals surface area contributed by atoms with Crippen LogP contribution in [0.1, 0.15) is 25.7 Å². The molecule has 0 aliphatic heterocycles. The maximum absolute atomic E-state index is 12.5. The predicted molar refractivity (Wildman–Crippen MR) is 96.0 cm³/mol. The second-order valence-corrected chi connectivity index (χ2v) is 9.84. The second kappa shape index (κ2) is 8.00. The van der Waals surface area contributed by atoms with Crippen molar-refractivity contribution in [3.63, 3.8) is 0 Å². The molecular formula is C15H25N3O5S2. The van der Waals surface area contributed by atoms with Gasteiger partial charge < -0.3 is 4.74 Å². The van der Waals surface area contributed by atoms with E-state index in [4.69, 9.17) is 4.74 Å². The lowest BCUT2D eigenvalue weighted by Gasteiger charge is -2.28. The zero-order valence-electron chi connectivity index (χ0n) is 14.6. The SMILES string of the molecule is COC1CCC(NS(=O)(=O)c2ccc(NS(=O)(=O)N(C)C)cc2)CC1. The van der Waals surface area contributed by atoms with Crippen molar-refractivity contribution in [2.75, 3.05) is 25.9 Å². The number of nitrogens with one attached hydrogen (secondary N) is 2. The third kappa shape index (κ3) is 5.38. The summed E-state index contributed by atoms with van der Waals surface area (Å²) in [5.41, 5.74) is 0.299. The fourth-order valence-corrected chi connectivity index (χ4v) is 4.57. The van der Waals surface area contributed by atoms with Crippen molar-refractivity contribution in [2.45, 2.75) is 42.7 Å². The van der Waals surface area contributed by atoms with Gasteiger partial charge in [-0.1, -0.05) is 0 Å². The van der Waals surface area contributed by atoms with E-state index < -0.39 is 20.2 Å². The standard InChI is InChI=1S/C15H25N3O5S2/c1-18(2)25(21,22)17-13-6-10-15(11-7-13)24(19,20)16-12-4-8-14(23-3)9-5-12/h6-7,10-12,14,16-17H,4-5,8-9H2,1-3H3. The van der Waals surface area contributed by atoms with E-state index in [1.807, 2.05) is 0 Å². The van der Waals surface area contributed by atoms with Crippen LogP contribution >= 0.6 is 0 Å². The molecule has 1 aliphatic rings. The molecular weight excluding hydrogens is 366 g/mol. The smallest absolute Gasteiger partial charge is 0.301 e. The number of hydrogen-bond donors (Lipinski definition) is 2. The van der Waals surface area contributed by atoms with Crippen molar-refractivity contribution in [1.82, 2.24) is 9.03 Å². The van der Waals surface area contributed by atoms with Crippen molar-refractivity contribution in [3.05, 3.63) is 24.3 Å². The third-order valence-electron chi connectivity index (χ3n) is 4.22. The molecule has 0 heterocycles. The molecule has 0 radical (unpaired) electrons. The molecule has 0 spiro atoms. The summed E-state index contributed by atoms with van der Waals surface area (Å²) >= 11 is 0. The normalized spacial score (nSPS) is 22.1. The zero-order chi connectivity index (χ0) is 18.7. The topological polar surface area (TPSA) is 105 Å². The number of benzene rings is 1. The number of methoxy groups -OCH3 is 1. The Morgan fingerprint density at radius 3 is 2.04 bits per heavy atom. The molecule has 0 atom stereocenters. The Balaban J connectivity index is 2.03. The molecule has 2 N–H and O–H groups in total. The largest absolute Gasteiger partial charge is 0.381 e. The molecule has 8 nitrogen and oxygen atoms in total. The van der Waals surface area contributed by atoms with Crippen molar-refractivity contribution >= 4 is 25.9 Å². The molecule has 25 heavy (non-hydrogen) atoms. The van der Waals surface area contributed by atoms with Crippen LogP contribution in [0.4, 0.5) is 5.69 Å². The minimum absolute atomic E-state index is 0.106. The Morgan fingerprint density at radius 2 is 1.56 bits per heavy atom. The molecule has 2 rings (SSSR count). The van der Waals surface area contributed by atoms with E-state index in [0.717, 1.165) is 30.0 Å². The Kier molecular flexibility index (Phi) is 6.44. The second-order valence-electron chi connectivity index (χ2n) is 6.24. The van der Waals surface area contributed by atoms with Crippen LogP contribution in [0.15, 0.2) is 29.2 Å². The molecule has 1 aliphatic carbocycles. The summed E-state index contributed by atoms with van der Waals surface area (Å²) in [4.78, 5) is 0.106. The molecule has 142 valence electrons. The van der Waals surface area contributed by atoms with Crippen molar-refractivity contribution in [1.29, 1.82) is 0 Å². The van der Waals surface area contributed by atoms with Gasteiger partial charge in [-0.3, -0.25) is 4.72 Å². The fourth-order valence-electron chi connectivity index (χ4n) is 2.65. The molecule has 1 aromatic rings. The Hall–Kier alpha value is -1.20. The van der Waals surface area contributed by atoms with Crippen LogP contribution in [0.2, 0.25) is 0 Å². The first-order valence-corrected chi connectivity index (χ1v) is 10.9. The quantitative estimate of drug-likeness (QED) is 0.725. The van der Waals surface area contributed by atoms with Gasteiger partial charge in [-0.15, -0.1) is 0 Å². The number of rotatable bonds is 7. The van der Waals surface area contributed by atoms with Crippen LogP contribution in [0.3, 0.4) is 0 Å². The molecule has 0 unspecified atom stereocenters. The Labute approximate surface area is 149 Å². The summed E-state index contributed by atoms with van der Waals surface area (Å²) in [5, 5.41) is 0. The van der Waals surface area contributed by atoms with Crippen LogP contribution in [0.5, 0.6) is 0 Å². The fraction of sp³-hybridized carbons (Fsp3) is 0.600. The van der Waals surface area contributed by atoms with Crippen molar-refractivity contribution in [2.24, 2.45) is 0 Å². The van der Waals surface area contributed by atoms with Gasteiger partial charge in [0.1, 0.15) is 0 Å². The van der Waals surface area contributed by atoms with Crippen molar-refractivity contribution < 1.29 is 21.6 Å². The number of hydrogen-bond acceptors (Lipinski definition) is 5. The molecule has 1 aromatic carbocycles. The summed E-state index contributed by atoms with van der Waals surface area (Å²) in [5.74, 6) is 0. The van der Waals surface area contributed by atoms with Crippen molar-refractivity contribution in [3.8, 4) is 0 Å². The highest BCUT2D eigenvalue weighted by Gasteiger charge is 2.25. The first-order valence-electron chi connectivity index (χ1n) is 7.99. The van der Waals surface area contributed by atoms with Crippen LogP contribution in [0, 0.1) is 0 Å². The van der Waals surface area contributed by atoms with E-state index in [1.54, 1.807) is 7.11 Å².